The standard InChI is InChI=1S/C14H19N3O/c1-10(2)13-8-11(5-7-14(13)18-3)4-6-12-9-15-17-16-12/h5,7-10H,4,6H2,1-3H3,(H,15,16,17). The highest BCUT2D eigenvalue weighted by atomic mass is 16.5. The van der Waals surface area contributed by atoms with E-state index in [9.17, 15) is 0 Å². The summed E-state index contributed by atoms with van der Waals surface area (Å²) in [7, 11) is 1.72. The van der Waals surface area contributed by atoms with Gasteiger partial charge < -0.3 is 4.74 Å². The van der Waals surface area contributed by atoms with Crippen molar-refractivity contribution >= 4 is 0 Å². The van der Waals surface area contributed by atoms with Gasteiger partial charge in [0.15, 0.2) is 0 Å². The average molecular weight is 245 g/mol. The van der Waals surface area contributed by atoms with E-state index in [0.29, 0.717) is 5.92 Å². The number of rotatable bonds is 5. The Bertz CT molecular complexity index is 492. The van der Waals surface area contributed by atoms with Crippen molar-refractivity contribution in [3.05, 3.63) is 41.2 Å². The van der Waals surface area contributed by atoms with E-state index < -0.39 is 0 Å². The molecule has 0 radical (unpaired) electrons. The Morgan fingerprint density at radius 2 is 2.11 bits per heavy atom. The zero-order chi connectivity index (χ0) is 13.0. The van der Waals surface area contributed by atoms with Gasteiger partial charge in [0.2, 0.25) is 0 Å². The average Bonchev–Trinajstić information content (AvgIpc) is 2.89. The molecule has 0 aliphatic rings. The minimum atomic E-state index is 0.465. The van der Waals surface area contributed by atoms with Crippen molar-refractivity contribution in [1.82, 2.24) is 15.4 Å². The largest absolute Gasteiger partial charge is 0.496 e. The van der Waals surface area contributed by atoms with Gasteiger partial charge in [-0.1, -0.05) is 26.0 Å². The summed E-state index contributed by atoms with van der Waals surface area (Å²) in [6.07, 6.45) is 3.64. The predicted molar refractivity (Wildman–Crippen MR) is 70.9 cm³/mol. The predicted octanol–water partition coefficient (Wildman–Crippen LogP) is 2.72. The molecule has 18 heavy (non-hydrogen) atoms. The van der Waals surface area contributed by atoms with Crippen LogP contribution in [0.1, 0.15) is 36.6 Å². The van der Waals surface area contributed by atoms with Gasteiger partial charge in [0.25, 0.3) is 0 Å². The first-order valence-electron chi connectivity index (χ1n) is 6.22. The molecule has 0 bridgehead atoms. The Hall–Kier alpha value is -1.84. The van der Waals surface area contributed by atoms with Gasteiger partial charge in [-0.05, 0) is 36.0 Å². The lowest BCUT2D eigenvalue weighted by atomic mass is 9.97. The Kier molecular flexibility index (Phi) is 3.97. The molecular formula is C14H19N3O. The molecule has 1 heterocycles. The van der Waals surface area contributed by atoms with Crippen molar-refractivity contribution in [3.8, 4) is 5.75 Å². The molecule has 0 aliphatic heterocycles. The van der Waals surface area contributed by atoms with Gasteiger partial charge in [-0.2, -0.15) is 15.4 Å². The van der Waals surface area contributed by atoms with E-state index in [1.807, 2.05) is 6.07 Å². The zero-order valence-electron chi connectivity index (χ0n) is 11.1. The molecule has 0 spiro atoms. The number of ether oxygens (including phenoxy) is 1. The highest BCUT2D eigenvalue weighted by Crippen LogP contribution is 2.27. The van der Waals surface area contributed by atoms with E-state index in [0.717, 1.165) is 24.3 Å². The molecule has 0 fully saturated rings. The third-order valence-corrected chi connectivity index (χ3v) is 3.05. The molecule has 0 amide bonds. The number of hydrogen-bond donors (Lipinski definition) is 1. The van der Waals surface area contributed by atoms with Crippen LogP contribution in [0.3, 0.4) is 0 Å². The fourth-order valence-corrected chi connectivity index (χ4v) is 2.01. The zero-order valence-corrected chi connectivity index (χ0v) is 11.1. The first-order chi connectivity index (χ1) is 8.70. The second kappa shape index (κ2) is 5.67. The molecule has 2 rings (SSSR count). The maximum Gasteiger partial charge on any atom is 0.122 e. The summed E-state index contributed by atoms with van der Waals surface area (Å²) >= 11 is 0. The van der Waals surface area contributed by atoms with Crippen molar-refractivity contribution in [1.29, 1.82) is 0 Å². The number of hydrogen-bond acceptors (Lipinski definition) is 3. The van der Waals surface area contributed by atoms with Crippen LogP contribution < -0.4 is 4.74 Å². The lowest BCUT2D eigenvalue weighted by molar-refractivity contribution is 0.407. The van der Waals surface area contributed by atoms with E-state index in [4.69, 9.17) is 4.74 Å². The Labute approximate surface area is 107 Å². The number of nitrogens with zero attached hydrogens (tertiary/aromatic N) is 2. The van der Waals surface area contributed by atoms with Crippen molar-refractivity contribution in [2.75, 3.05) is 7.11 Å². The number of aromatic amines is 1. The van der Waals surface area contributed by atoms with Crippen LogP contribution in [0.2, 0.25) is 0 Å². The molecule has 1 N–H and O–H groups in total. The van der Waals surface area contributed by atoms with Gasteiger partial charge >= 0.3 is 0 Å². The summed E-state index contributed by atoms with van der Waals surface area (Å²) in [5.74, 6) is 1.43. The normalized spacial score (nSPS) is 10.9. The number of aryl methyl sites for hydroxylation is 2. The fraction of sp³-hybridized carbons (Fsp3) is 0.429. The lowest BCUT2D eigenvalue weighted by Gasteiger charge is -2.13. The van der Waals surface area contributed by atoms with E-state index in [1.165, 1.54) is 11.1 Å². The molecule has 4 heteroatoms. The molecule has 4 nitrogen and oxygen atoms in total. The summed E-state index contributed by atoms with van der Waals surface area (Å²) in [6.45, 7) is 4.36. The second-order valence-corrected chi connectivity index (χ2v) is 4.69. The Morgan fingerprint density at radius 3 is 2.72 bits per heavy atom. The fourth-order valence-electron chi connectivity index (χ4n) is 2.01. The van der Waals surface area contributed by atoms with E-state index in [2.05, 4.69) is 41.4 Å². The van der Waals surface area contributed by atoms with Gasteiger partial charge in [-0.25, -0.2) is 0 Å². The summed E-state index contributed by atoms with van der Waals surface area (Å²) in [5, 5.41) is 10.5. The maximum absolute atomic E-state index is 5.38. The maximum atomic E-state index is 5.38. The third-order valence-electron chi connectivity index (χ3n) is 3.05. The van der Waals surface area contributed by atoms with Gasteiger partial charge in [-0.3, -0.25) is 0 Å². The molecule has 0 saturated heterocycles. The highest BCUT2D eigenvalue weighted by molar-refractivity contribution is 5.39. The molecule has 0 atom stereocenters. The van der Waals surface area contributed by atoms with Gasteiger partial charge in [0, 0.05) is 0 Å². The molecule has 96 valence electrons. The summed E-state index contributed by atoms with van der Waals surface area (Å²) in [5.41, 5.74) is 3.56. The van der Waals surface area contributed by atoms with Gasteiger partial charge in [0.05, 0.1) is 19.0 Å². The van der Waals surface area contributed by atoms with Crippen molar-refractivity contribution < 1.29 is 4.74 Å². The van der Waals surface area contributed by atoms with Crippen LogP contribution in [0.15, 0.2) is 24.4 Å². The van der Waals surface area contributed by atoms with Crippen LogP contribution >= 0.6 is 0 Å². The van der Waals surface area contributed by atoms with Crippen molar-refractivity contribution in [2.45, 2.75) is 32.6 Å². The molecule has 1 aromatic carbocycles. The first-order valence-corrected chi connectivity index (χ1v) is 6.22. The molecule has 0 aliphatic carbocycles. The van der Waals surface area contributed by atoms with E-state index >= 15 is 0 Å². The first kappa shape index (κ1) is 12.6. The van der Waals surface area contributed by atoms with Crippen LogP contribution in [0.4, 0.5) is 0 Å². The SMILES string of the molecule is COc1ccc(CCc2cn[nH]n2)cc1C(C)C. The minimum Gasteiger partial charge on any atom is -0.496 e. The van der Waals surface area contributed by atoms with Crippen molar-refractivity contribution in [3.63, 3.8) is 0 Å². The van der Waals surface area contributed by atoms with E-state index in [1.54, 1.807) is 13.3 Å². The van der Waals surface area contributed by atoms with Crippen LogP contribution in [-0.2, 0) is 12.8 Å². The van der Waals surface area contributed by atoms with Crippen LogP contribution in [0.5, 0.6) is 5.75 Å². The molecule has 1 aromatic heterocycles. The highest BCUT2D eigenvalue weighted by Gasteiger charge is 2.08. The molecule has 0 saturated carbocycles. The quantitative estimate of drug-likeness (QED) is 0.881. The number of benzene rings is 1. The molecular weight excluding hydrogens is 226 g/mol. The Morgan fingerprint density at radius 1 is 1.28 bits per heavy atom. The third kappa shape index (κ3) is 2.88. The summed E-state index contributed by atoms with van der Waals surface area (Å²) in [6, 6.07) is 6.39. The van der Waals surface area contributed by atoms with Gasteiger partial charge in [-0.15, -0.1) is 0 Å². The molecule has 2 aromatic rings. The number of nitrogens with one attached hydrogen (secondary N) is 1. The summed E-state index contributed by atoms with van der Waals surface area (Å²) in [4.78, 5) is 0. The lowest BCUT2D eigenvalue weighted by Crippen LogP contribution is -1.98. The van der Waals surface area contributed by atoms with Crippen LogP contribution in [0.25, 0.3) is 0 Å². The number of methoxy groups -OCH3 is 1. The second-order valence-electron chi connectivity index (χ2n) is 4.69. The number of H-pyrrole nitrogens is 1. The topological polar surface area (TPSA) is 50.8 Å². The molecule has 0 unspecified atom stereocenters. The smallest absolute Gasteiger partial charge is 0.122 e. The van der Waals surface area contributed by atoms with E-state index in [-0.39, 0.29) is 0 Å². The summed E-state index contributed by atoms with van der Waals surface area (Å²) < 4.78 is 5.38. The minimum absolute atomic E-state index is 0.465. The Balaban J connectivity index is 2.11. The van der Waals surface area contributed by atoms with Crippen LogP contribution in [0, 0.1) is 0 Å². The number of aromatic nitrogens is 3. The monoisotopic (exact) mass is 245 g/mol. The van der Waals surface area contributed by atoms with Gasteiger partial charge in [0.1, 0.15) is 5.75 Å². The van der Waals surface area contributed by atoms with Crippen molar-refractivity contribution in [2.24, 2.45) is 0 Å². The van der Waals surface area contributed by atoms with Crippen LogP contribution in [-0.4, -0.2) is 22.5 Å².